The zero-order valence-electron chi connectivity index (χ0n) is 19.8. The lowest BCUT2D eigenvalue weighted by molar-refractivity contribution is -0.120. The van der Waals surface area contributed by atoms with Crippen LogP contribution < -0.4 is 5.32 Å². The molecule has 2 aliphatic rings. The van der Waals surface area contributed by atoms with Crippen LogP contribution in [-0.2, 0) is 34.1 Å². The number of aromatic nitrogens is 1. The summed E-state index contributed by atoms with van der Waals surface area (Å²) < 4.78 is 28.4. The minimum atomic E-state index is -3.60. The number of piperidine rings is 1. The van der Waals surface area contributed by atoms with Gasteiger partial charge >= 0.3 is 0 Å². The Bertz CT molecular complexity index is 1300. The summed E-state index contributed by atoms with van der Waals surface area (Å²) in [7, 11) is -3.60. The zero-order valence-corrected chi connectivity index (χ0v) is 20.6. The van der Waals surface area contributed by atoms with E-state index in [1.807, 2.05) is 36.4 Å². The van der Waals surface area contributed by atoms with Gasteiger partial charge in [-0.2, -0.15) is 4.31 Å². The second kappa shape index (κ2) is 9.55. The monoisotopic (exact) mass is 479 g/mol. The fourth-order valence-electron chi connectivity index (χ4n) is 5.34. The van der Waals surface area contributed by atoms with Gasteiger partial charge in [0, 0.05) is 41.3 Å². The number of aryl methyl sites for hydroxylation is 3. The Labute approximate surface area is 201 Å². The molecule has 0 radical (unpaired) electrons. The number of carbonyl (C=O) groups is 1. The number of sulfonamides is 1. The first-order valence-electron chi connectivity index (χ1n) is 12.5. The highest BCUT2D eigenvalue weighted by Crippen LogP contribution is 2.32. The molecule has 1 aliphatic heterocycles. The molecular weight excluding hydrogens is 446 g/mol. The molecule has 1 saturated heterocycles. The number of carbonyl (C=O) groups excluding carboxylic acids is 1. The van der Waals surface area contributed by atoms with E-state index in [0.29, 0.717) is 30.8 Å². The van der Waals surface area contributed by atoms with E-state index in [1.54, 1.807) is 10.4 Å². The maximum Gasteiger partial charge on any atom is 0.243 e. The number of nitrogens with zero attached hydrogens (tertiary/aromatic N) is 1. The van der Waals surface area contributed by atoms with Gasteiger partial charge in [0.15, 0.2) is 0 Å². The summed E-state index contributed by atoms with van der Waals surface area (Å²) in [5.41, 5.74) is 5.55. The molecule has 0 bridgehead atoms. The van der Waals surface area contributed by atoms with Gasteiger partial charge in [-0.15, -0.1) is 0 Å². The average Bonchev–Trinajstić information content (AvgIpc) is 3.03. The molecule has 6 nitrogen and oxygen atoms in total. The first-order valence-corrected chi connectivity index (χ1v) is 13.9. The van der Waals surface area contributed by atoms with Gasteiger partial charge in [0.25, 0.3) is 0 Å². The van der Waals surface area contributed by atoms with Crippen LogP contribution in [0.2, 0.25) is 0 Å². The van der Waals surface area contributed by atoms with Crippen molar-refractivity contribution in [3.63, 3.8) is 0 Å². The highest BCUT2D eigenvalue weighted by molar-refractivity contribution is 7.89. The molecule has 5 rings (SSSR count). The molecule has 34 heavy (non-hydrogen) atoms. The fourth-order valence-corrected chi connectivity index (χ4v) is 6.84. The molecule has 0 atom stereocenters. The van der Waals surface area contributed by atoms with E-state index in [-0.39, 0.29) is 11.8 Å². The summed E-state index contributed by atoms with van der Waals surface area (Å²) >= 11 is 0. The molecule has 1 aromatic heterocycles. The Morgan fingerprint density at radius 2 is 1.85 bits per heavy atom. The number of rotatable bonds is 5. The summed E-state index contributed by atoms with van der Waals surface area (Å²) in [5, 5.41) is 4.06. The minimum Gasteiger partial charge on any atom is -0.358 e. The van der Waals surface area contributed by atoms with Crippen molar-refractivity contribution in [2.45, 2.75) is 63.2 Å². The maximum atomic E-state index is 13.4. The molecule has 2 heterocycles. The number of nitrogens with one attached hydrogen (secondary N) is 2. The summed E-state index contributed by atoms with van der Waals surface area (Å²) in [5.74, 6) is -0.207. The van der Waals surface area contributed by atoms with Gasteiger partial charge in [-0.1, -0.05) is 25.5 Å². The number of aromatic amines is 1. The SMILES string of the molecule is CCc1cccc(NC(=O)C2CCN(S(=O)(=O)c3ccc4[nH]c5c(c4c3)CCCCC5)CC2)c1. The summed E-state index contributed by atoms with van der Waals surface area (Å²) in [6.07, 6.45) is 7.55. The van der Waals surface area contributed by atoms with Crippen molar-refractivity contribution in [2.24, 2.45) is 5.92 Å². The number of benzene rings is 2. The van der Waals surface area contributed by atoms with Gasteiger partial charge in [-0.05, 0) is 86.4 Å². The topological polar surface area (TPSA) is 82.3 Å². The molecule has 0 saturated carbocycles. The third kappa shape index (κ3) is 4.51. The third-order valence-electron chi connectivity index (χ3n) is 7.38. The number of fused-ring (bicyclic) bond motifs is 3. The second-order valence-corrected chi connectivity index (χ2v) is 11.5. The summed E-state index contributed by atoms with van der Waals surface area (Å²) in [6, 6.07) is 13.4. The average molecular weight is 480 g/mol. The van der Waals surface area contributed by atoms with Gasteiger partial charge in [0.1, 0.15) is 0 Å². The first-order chi connectivity index (χ1) is 16.5. The van der Waals surface area contributed by atoms with E-state index >= 15 is 0 Å². The molecular formula is C27H33N3O3S. The molecule has 3 aromatic rings. The summed E-state index contributed by atoms with van der Waals surface area (Å²) in [6.45, 7) is 2.80. The highest BCUT2D eigenvalue weighted by Gasteiger charge is 2.32. The molecule has 2 N–H and O–H groups in total. The normalized spacial score (nSPS) is 17.9. The first kappa shape index (κ1) is 23.1. The van der Waals surface area contributed by atoms with Crippen LogP contribution in [0, 0.1) is 5.92 Å². The predicted molar refractivity (Wildman–Crippen MR) is 135 cm³/mol. The van der Waals surface area contributed by atoms with Gasteiger partial charge < -0.3 is 10.3 Å². The Morgan fingerprint density at radius 1 is 1.06 bits per heavy atom. The van der Waals surface area contributed by atoms with Crippen LogP contribution in [-0.4, -0.2) is 36.7 Å². The van der Waals surface area contributed by atoms with Gasteiger partial charge in [-0.3, -0.25) is 4.79 Å². The van der Waals surface area contributed by atoms with Gasteiger partial charge in [0.2, 0.25) is 15.9 Å². The predicted octanol–water partition coefficient (Wildman–Crippen LogP) is 5.04. The van der Waals surface area contributed by atoms with Crippen LogP contribution >= 0.6 is 0 Å². The summed E-state index contributed by atoms with van der Waals surface area (Å²) in [4.78, 5) is 16.7. The van der Waals surface area contributed by atoms with Crippen LogP contribution in [0.1, 0.15) is 55.8 Å². The van der Waals surface area contributed by atoms with E-state index in [9.17, 15) is 13.2 Å². The molecule has 180 valence electrons. The lowest BCUT2D eigenvalue weighted by atomic mass is 9.97. The second-order valence-electron chi connectivity index (χ2n) is 9.57. The van der Waals surface area contributed by atoms with Crippen molar-refractivity contribution < 1.29 is 13.2 Å². The number of anilines is 1. The van der Waals surface area contributed by atoms with Crippen molar-refractivity contribution in [1.29, 1.82) is 0 Å². The van der Waals surface area contributed by atoms with Crippen LogP contribution in [0.5, 0.6) is 0 Å². The number of H-pyrrole nitrogens is 1. The van der Waals surface area contributed by atoms with E-state index < -0.39 is 10.0 Å². The molecule has 7 heteroatoms. The standard InChI is InChI=1S/C27H33N3O3S/c1-2-19-7-6-8-21(17-19)28-27(31)20-13-15-30(16-14-20)34(32,33)22-11-12-26-24(18-22)23-9-4-3-5-10-25(23)29-26/h6-8,11-12,17-18,20,29H,2-5,9-10,13-16H2,1H3,(H,28,31). The number of amides is 1. The van der Waals surface area contributed by atoms with Crippen LogP contribution in [0.3, 0.4) is 0 Å². The van der Waals surface area contributed by atoms with Crippen molar-refractivity contribution >= 4 is 32.5 Å². The molecule has 0 spiro atoms. The lowest BCUT2D eigenvalue weighted by Gasteiger charge is -2.30. The van der Waals surface area contributed by atoms with E-state index in [4.69, 9.17) is 0 Å². The molecule has 1 fully saturated rings. The van der Waals surface area contributed by atoms with Crippen molar-refractivity contribution in [3.8, 4) is 0 Å². The molecule has 2 aromatic carbocycles. The van der Waals surface area contributed by atoms with Crippen molar-refractivity contribution in [1.82, 2.24) is 9.29 Å². The third-order valence-corrected chi connectivity index (χ3v) is 9.28. The Kier molecular flexibility index (Phi) is 6.49. The Balaban J connectivity index is 1.28. The highest BCUT2D eigenvalue weighted by atomic mass is 32.2. The minimum absolute atomic E-state index is 0.0262. The maximum absolute atomic E-state index is 13.4. The number of hydrogen-bond acceptors (Lipinski definition) is 3. The number of hydrogen-bond donors (Lipinski definition) is 2. The quantitative estimate of drug-likeness (QED) is 0.503. The lowest BCUT2D eigenvalue weighted by Crippen LogP contribution is -2.41. The van der Waals surface area contributed by atoms with Gasteiger partial charge in [0.05, 0.1) is 4.90 Å². The van der Waals surface area contributed by atoms with Crippen LogP contribution in [0.25, 0.3) is 10.9 Å². The van der Waals surface area contributed by atoms with E-state index in [1.165, 1.54) is 29.7 Å². The largest absolute Gasteiger partial charge is 0.358 e. The van der Waals surface area contributed by atoms with Crippen molar-refractivity contribution in [3.05, 3.63) is 59.3 Å². The fraction of sp³-hybridized carbons (Fsp3) is 0.444. The van der Waals surface area contributed by atoms with Gasteiger partial charge in [-0.25, -0.2) is 8.42 Å². The van der Waals surface area contributed by atoms with Crippen molar-refractivity contribution in [2.75, 3.05) is 18.4 Å². The Hall–Kier alpha value is -2.64. The van der Waals surface area contributed by atoms with E-state index in [2.05, 4.69) is 17.2 Å². The van der Waals surface area contributed by atoms with Crippen LogP contribution in [0.4, 0.5) is 5.69 Å². The smallest absolute Gasteiger partial charge is 0.243 e. The van der Waals surface area contributed by atoms with Crippen LogP contribution in [0.15, 0.2) is 47.4 Å². The Morgan fingerprint density at radius 3 is 2.65 bits per heavy atom. The molecule has 1 aliphatic carbocycles. The molecule has 1 amide bonds. The van der Waals surface area contributed by atoms with E-state index in [0.717, 1.165) is 42.3 Å². The zero-order chi connectivity index (χ0) is 23.7. The molecule has 0 unspecified atom stereocenters.